The van der Waals surface area contributed by atoms with Crippen molar-refractivity contribution in [3.05, 3.63) is 66.1 Å². The Kier molecular flexibility index (Phi) is 4.70. The van der Waals surface area contributed by atoms with Crippen molar-refractivity contribution >= 4 is 5.91 Å². The van der Waals surface area contributed by atoms with Gasteiger partial charge in [-0.3, -0.25) is 9.36 Å². The number of rotatable bonds is 5. The van der Waals surface area contributed by atoms with E-state index < -0.39 is 0 Å². The van der Waals surface area contributed by atoms with Gasteiger partial charge in [0.25, 0.3) is 0 Å². The predicted molar refractivity (Wildman–Crippen MR) is 92.5 cm³/mol. The molecule has 0 amide bonds. The molecule has 2 aromatic heterocycles. The molecule has 0 radical (unpaired) electrons. The van der Waals surface area contributed by atoms with Gasteiger partial charge in [0, 0.05) is 17.8 Å². The van der Waals surface area contributed by atoms with Gasteiger partial charge in [-0.15, -0.1) is 0 Å². The Hall–Kier alpha value is -2.89. The zero-order valence-corrected chi connectivity index (χ0v) is 14.6. The number of carbonyl (C=O) groups excluding carboxylic acids is 1. The van der Waals surface area contributed by atoms with E-state index in [0.717, 1.165) is 5.56 Å². The van der Waals surface area contributed by atoms with Crippen LogP contribution in [-0.4, -0.2) is 20.6 Å². The lowest BCUT2D eigenvalue weighted by molar-refractivity contribution is 0.0914. The highest BCUT2D eigenvalue weighted by atomic mass is 16.5. The van der Waals surface area contributed by atoms with Gasteiger partial charge >= 0.3 is 0 Å². The first-order valence-electron chi connectivity index (χ1n) is 8.13. The molecule has 0 aliphatic heterocycles. The van der Waals surface area contributed by atoms with Crippen LogP contribution in [0.1, 0.15) is 42.8 Å². The first-order chi connectivity index (χ1) is 11.9. The third-order valence-corrected chi connectivity index (χ3v) is 3.65. The van der Waals surface area contributed by atoms with E-state index in [1.165, 1.54) is 0 Å². The molecule has 25 heavy (non-hydrogen) atoms. The van der Waals surface area contributed by atoms with Gasteiger partial charge in [-0.25, -0.2) is 0 Å². The number of nitrogens with zero attached hydrogens (tertiary/aromatic N) is 3. The van der Waals surface area contributed by atoms with E-state index in [1.54, 1.807) is 17.0 Å². The summed E-state index contributed by atoms with van der Waals surface area (Å²) in [5, 5.41) is 3.92. The third-order valence-electron chi connectivity index (χ3n) is 3.65. The molecule has 0 atom stereocenters. The highest BCUT2D eigenvalue weighted by molar-refractivity contribution is 5.81. The Labute approximate surface area is 146 Å². The normalized spacial score (nSPS) is 11.5. The molecule has 6 nitrogen and oxygen atoms in total. The van der Waals surface area contributed by atoms with E-state index in [4.69, 9.17) is 9.26 Å². The molecule has 0 aliphatic rings. The second-order valence-electron chi connectivity index (χ2n) is 6.86. The summed E-state index contributed by atoms with van der Waals surface area (Å²) in [5.41, 5.74) is 0.750. The Morgan fingerprint density at radius 3 is 2.44 bits per heavy atom. The standard InChI is InChI=1S/C19H21N3O3/c1-19(2,3)18-20-16(21-25-18)13-24-15-8-6-14(7-9-15)12-17(23)22-10-4-5-11-22/h4-11H,12-13H2,1-3H3. The van der Waals surface area contributed by atoms with E-state index in [9.17, 15) is 4.79 Å². The van der Waals surface area contributed by atoms with Crippen LogP contribution in [0.15, 0.2) is 53.3 Å². The van der Waals surface area contributed by atoms with Crippen LogP contribution in [0.5, 0.6) is 5.75 Å². The second kappa shape index (κ2) is 6.93. The van der Waals surface area contributed by atoms with Crippen LogP contribution in [0.4, 0.5) is 0 Å². The summed E-state index contributed by atoms with van der Waals surface area (Å²) < 4.78 is 12.5. The summed E-state index contributed by atoms with van der Waals surface area (Å²) in [5.74, 6) is 1.82. The van der Waals surface area contributed by atoms with Crippen LogP contribution >= 0.6 is 0 Å². The molecule has 1 aromatic carbocycles. The number of carbonyl (C=O) groups is 1. The smallest absolute Gasteiger partial charge is 0.234 e. The van der Waals surface area contributed by atoms with Crippen LogP contribution in [0, 0.1) is 0 Å². The molecule has 0 N–H and O–H groups in total. The Bertz CT molecular complexity index is 828. The molecule has 0 unspecified atom stereocenters. The van der Waals surface area contributed by atoms with E-state index >= 15 is 0 Å². The molecular weight excluding hydrogens is 318 g/mol. The van der Waals surface area contributed by atoms with Crippen molar-refractivity contribution in [3.63, 3.8) is 0 Å². The highest BCUT2D eigenvalue weighted by Crippen LogP contribution is 2.20. The van der Waals surface area contributed by atoms with Crippen LogP contribution in [0.3, 0.4) is 0 Å². The van der Waals surface area contributed by atoms with Crippen molar-refractivity contribution in [1.82, 2.24) is 14.7 Å². The average molecular weight is 339 g/mol. The maximum absolute atomic E-state index is 12.1. The molecule has 6 heteroatoms. The monoisotopic (exact) mass is 339 g/mol. The number of ether oxygens (including phenoxy) is 1. The second-order valence-corrected chi connectivity index (χ2v) is 6.86. The summed E-state index contributed by atoms with van der Waals surface area (Å²) in [6.45, 7) is 6.28. The van der Waals surface area contributed by atoms with Crippen molar-refractivity contribution in [2.75, 3.05) is 0 Å². The maximum atomic E-state index is 12.1. The zero-order valence-electron chi connectivity index (χ0n) is 14.6. The fraction of sp³-hybridized carbons (Fsp3) is 0.316. The molecule has 0 aliphatic carbocycles. The lowest BCUT2D eigenvalue weighted by Gasteiger charge is -2.10. The van der Waals surface area contributed by atoms with Crippen molar-refractivity contribution in [3.8, 4) is 5.75 Å². The van der Waals surface area contributed by atoms with E-state index in [0.29, 0.717) is 23.9 Å². The van der Waals surface area contributed by atoms with Crippen molar-refractivity contribution < 1.29 is 14.1 Å². The third kappa shape index (κ3) is 4.35. The topological polar surface area (TPSA) is 70.2 Å². The van der Waals surface area contributed by atoms with Crippen molar-refractivity contribution in [2.24, 2.45) is 0 Å². The number of benzene rings is 1. The fourth-order valence-corrected chi connectivity index (χ4v) is 2.24. The largest absolute Gasteiger partial charge is 0.485 e. The van der Waals surface area contributed by atoms with Gasteiger partial charge in [0.15, 0.2) is 6.61 Å². The Balaban J connectivity index is 1.56. The quantitative estimate of drug-likeness (QED) is 0.710. The number of aromatic nitrogens is 3. The fourth-order valence-electron chi connectivity index (χ4n) is 2.24. The molecule has 0 fully saturated rings. The summed E-state index contributed by atoms with van der Waals surface area (Å²) in [7, 11) is 0. The molecule has 0 saturated heterocycles. The average Bonchev–Trinajstić information content (AvgIpc) is 3.25. The van der Waals surface area contributed by atoms with Crippen molar-refractivity contribution in [2.45, 2.75) is 39.2 Å². The molecule has 2 heterocycles. The summed E-state index contributed by atoms with van der Waals surface area (Å²) in [4.78, 5) is 16.4. The van der Waals surface area contributed by atoms with E-state index in [2.05, 4.69) is 10.1 Å². The van der Waals surface area contributed by atoms with Gasteiger partial charge in [-0.05, 0) is 29.8 Å². The Morgan fingerprint density at radius 2 is 1.84 bits per heavy atom. The minimum absolute atomic E-state index is 0.0279. The van der Waals surface area contributed by atoms with Gasteiger partial charge in [0.1, 0.15) is 5.75 Å². The van der Waals surface area contributed by atoms with Gasteiger partial charge in [0.2, 0.25) is 17.6 Å². The Morgan fingerprint density at radius 1 is 1.16 bits per heavy atom. The molecule has 0 bridgehead atoms. The molecule has 3 rings (SSSR count). The molecule has 3 aromatic rings. The summed E-state index contributed by atoms with van der Waals surface area (Å²) in [6.07, 6.45) is 3.84. The first kappa shape index (κ1) is 17.0. The van der Waals surface area contributed by atoms with Crippen LogP contribution in [0.25, 0.3) is 0 Å². The molecule has 130 valence electrons. The summed E-state index contributed by atoms with van der Waals surface area (Å²) in [6, 6.07) is 11.1. The van der Waals surface area contributed by atoms with Gasteiger partial charge < -0.3 is 9.26 Å². The zero-order chi connectivity index (χ0) is 17.9. The molecule has 0 spiro atoms. The van der Waals surface area contributed by atoms with Crippen LogP contribution in [0.2, 0.25) is 0 Å². The lowest BCUT2D eigenvalue weighted by atomic mass is 9.97. The SMILES string of the molecule is CC(C)(C)c1nc(COc2ccc(CC(=O)n3cccc3)cc2)no1. The lowest BCUT2D eigenvalue weighted by Crippen LogP contribution is -2.11. The number of hydrogen-bond donors (Lipinski definition) is 0. The minimum atomic E-state index is -0.181. The van der Waals surface area contributed by atoms with Gasteiger partial charge in [-0.2, -0.15) is 4.98 Å². The van der Waals surface area contributed by atoms with E-state index in [1.807, 2.05) is 57.2 Å². The van der Waals surface area contributed by atoms with Crippen molar-refractivity contribution in [1.29, 1.82) is 0 Å². The molecular formula is C19H21N3O3. The minimum Gasteiger partial charge on any atom is -0.485 e. The van der Waals surface area contributed by atoms with Gasteiger partial charge in [0.05, 0.1) is 6.42 Å². The predicted octanol–water partition coefficient (Wildman–Crippen LogP) is 3.63. The highest BCUT2D eigenvalue weighted by Gasteiger charge is 2.21. The van der Waals surface area contributed by atoms with Gasteiger partial charge in [-0.1, -0.05) is 38.1 Å². The van der Waals surface area contributed by atoms with Crippen LogP contribution in [-0.2, 0) is 18.4 Å². The first-order valence-corrected chi connectivity index (χ1v) is 8.13. The molecule has 0 saturated carbocycles. The summed E-state index contributed by atoms with van der Waals surface area (Å²) >= 11 is 0. The van der Waals surface area contributed by atoms with Crippen LogP contribution < -0.4 is 4.74 Å². The number of hydrogen-bond acceptors (Lipinski definition) is 5. The maximum Gasteiger partial charge on any atom is 0.234 e. The van der Waals surface area contributed by atoms with E-state index in [-0.39, 0.29) is 17.9 Å².